The SMILES string of the molecule is CC(N)CCNS(=O)(=O)c1ccc(F)c(Cl)c1. The van der Waals surface area contributed by atoms with Gasteiger partial charge in [0.2, 0.25) is 10.0 Å². The molecule has 0 aliphatic carbocycles. The minimum atomic E-state index is -3.65. The molecule has 0 aromatic heterocycles. The number of hydrogen-bond acceptors (Lipinski definition) is 3. The van der Waals surface area contributed by atoms with Crippen LogP contribution in [0.3, 0.4) is 0 Å². The van der Waals surface area contributed by atoms with Crippen molar-refractivity contribution in [2.75, 3.05) is 6.54 Å². The summed E-state index contributed by atoms with van der Waals surface area (Å²) in [4.78, 5) is -0.0615. The van der Waals surface area contributed by atoms with Crippen molar-refractivity contribution < 1.29 is 12.8 Å². The van der Waals surface area contributed by atoms with Crippen LogP contribution in [0.25, 0.3) is 0 Å². The fourth-order valence-electron chi connectivity index (χ4n) is 1.15. The van der Waals surface area contributed by atoms with Crippen LogP contribution >= 0.6 is 11.6 Å². The molecule has 0 saturated heterocycles. The van der Waals surface area contributed by atoms with Gasteiger partial charge >= 0.3 is 0 Å². The van der Waals surface area contributed by atoms with Gasteiger partial charge in [0, 0.05) is 12.6 Å². The zero-order valence-corrected chi connectivity index (χ0v) is 10.9. The molecule has 0 bridgehead atoms. The van der Waals surface area contributed by atoms with Crippen LogP contribution < -0.4 is 10.5 Å². The summed E-state index contributed by atoms with van der Waals surface area (Å²) >= 11 is 5.52. The Morgan fingerprint density at radius 2 is 2.18 bits per heavy atom. The Labute approximate surface area is 105 Å². The van der Waals surface area contributed by atoms with Gasteiger partial charge in [-0.05, 0) is 31.5 Å². The highest BCUT2D eigenvalue weighted by molar-refractivity contribution is 7.89. The standard InChI is InChI=1S/C10H14ClFN2O2S/c1-7(13)4-5-14-17(15,16)8-2-3-10(12)9(11)6-8/h2-3,6-7,14H,4-5,13H2,1H3. The molecule has 1 atom stereocenters. The maximum absolute atomic E-state index is 12.9. The number of halogens is 2. The lowest BCUT2D eigenvalue weighted by Gasteiger charge is -2.08. The summed E-state index contributed by atoms with van der Waals surface area (Å²) in [6, 6.07) is 3.16. The molecule has 96 valence electrons. The Kier molecular flexibility index (Phi) is 4.88. The summed E-state index contributed by atoms with van der Waals surface area (Å²) in [5.74, 6) is -0.652. The van der Waals surface area contributed by atoms with Crippen LogP contribution in [0.15, 0.2) is 23.1 Å². The van der Waals surface area contributed by atoms with Gasteiger partial charge in [0.25, 0.3) is 0 Å². The van der Waals surface area contributed by atoms with Crippen molar-refractivity contribution in [3.05, 3.63) is 29.0 Å². The summed E-state index contributed by atoms with van der Waals surface area (Å²) in [5.41, 5.74) is 5.50. The van der Waals surface area contributed by atoms with E-state index in [9.17, 15) is 12.8 Å². The van der Waals surface area contributed by atoms with E-state index in [0.29, 0.717) is 6.42 Å². The van der Waals surface area contributed by atoms with E-state index in [1.54, 1.807) is 6.92 Å². The molecule has 17 heavy (non-hydrogen) atoms. The lowest BCUT2D eigenvalue weighted by atomic mass is 10.3. The molecular weight excluding hydrogens is 267 g/mol. The molecule has 0 heterocycles. The molecule has 1 aromatic rings. The van der Waals surface area contributed by atoms with E-state index in [-0.39, 0.29) is 22.5 Å². The van der Waals surface area contributed by atoms with Crippen LogP contribution in [0.5, 0.6) is 0 Å². The molecular formula is C10H14ClFN2O2S. The zero-order valence-electron chi connectivity index (χ0n) is 9.28. The molecule has 3 N–H and O–H groups in total. The van der Waals surface area contributed by atoms with Crippen LogP contribution in [0.1, 0.15) is 13.3 Å². The van der Waals surface area contributed by atoms with Gasteiger partial charge in [-0.2, -0.15) is 0 Å². The van der Waals surface area contributed by atoms with E-state index in [2.05, 4.69) is 4.72 Å². The number of nitrogens with one attached hydrogen (secondary N) is 1. The summed E-state index contributed by atoms with van der Waals surface area (Å²) in [6.07, 6.45) is 0.522. The first-order chi connectivity index (χ1) is 7.83. The molecule has 0 saturated carbocycles. The number of rotatable bonds is 5. The Hall–Kier alpha value is -0.690. The normalized spacial score (nSPS) is 13.6. The van der Waals surface area contributed by atoms with Crippen molar-refractivity contribution in [1.82, 2.24) is 4.72 Å². The quantitative estimate of drug-likeness (QED) is 0.858. The summed E-state index contributed by atoms with van der Waals surface area (Å²) < 4.78 is 38.7. The molecule has 0 amide bonds. The largest absolute Gasteiger partial charge is 0.328 e. The van der Waals surface area contributed by atoms with Gasteiger partial charge in [-0.1, -0.05) is 11.6 Å². The molecule has 0 radical (unpaired) electrons. The average Bonchev–Trinajstić information content (AvgIpc) is 2.21. The van der Waals surface area contributed by atoms with Gasteiger partial charge in [-0.15, -0.1) is 0 Å². The summed E-state index contributed by atoms with van der Waals surface area (Å²) in [6.45, 7) is 2.01. The lowest BCUT2D eigenvalue weighted by Crippen LogP contribution is -2.29. The molecule has 1 unspecified atom stereocenters. The number of hydrogen-bond donors (Lipinski definition) is 2. The van der Waals surface area contributed by atoms with E-state index in [0.717, 1.165) is 18.2 Å². The third kappa shape index (κ3) is 4.23. The fourth-order valence-corrected chi connectivity index (χ4v) is 2.47. The summed E-state index contributed by atoms with van der Waals surface area (Å²) in [7, 11) is -3.65. The monoisotopic (exact) mass is 280 g/mol. The highest BCUT2D eigenvalue weighted by Gasteiger charge is 2.15. The first-order valence-corrected chi connectivity index (χ1v) is 6.89. The van der Waals surface area contributed by atoms with Crippen molar-refractivity contribution >= 4 is 21.6 Å². The molecule has 1 rings (SSSR count). The van der Waals surface area contributed by atoms with E-state index in [1.165, 1.54) is 0 Å². The molecule has 0 aliphatic heterocycles. The topological polar surface area (TPSA) is 72.2 Å². The second-order valence-corrected chi connectivity index (χ2v) is 5.91. The second kappa shape index (κ2) is 5.77. The Morgan fingerprint density at radius 1 is 1.53 bits per heavy atom. The third-order valence-corrected chi connectivity index (χ3v) is 3.84. The molecule has 7 heteroatoms. The van der Waals surface area contributed by atoms with Crippen LogP contribution in [-0.2, 0) is 10.0 Å². The first-order valence-electron chi connectivity index (χ1n) is 5.03. The van der Waals surface area contributed by atoms with Gasteiger partial charge in [0.05, 0.1) is 9.92 Å². The minimum Gasteiger partial charge on any atom is -0.328 e. The molecule has 0 spiro atoms. The predicted molar refractivity (Wildman–Crippen MR) is 64.9 cm³/mol. The minimum absolute atomic E-state index is 0.0615. The second-order valence-electron chi connectivity index (χ2n) is 3.74. The Morgan fingerprint density at radius 3 is 2.71 bits per heavy atom. The molecule has 1 aromatic carbocycles. The number of benzene rings is 1. The molecule has 0 aliphatic rings. The van der Waals surface area contributed by atoms with E-state index in [1.807, 2.05) is 0 Å². The van der Waals surface area contributed by atoms with Crippen LogP contribution in [-0.4, -0.2) is 21.0 Å². The van der Waals surface area contributed by atoms with Gasteiger partial charge in [-0.25, -0.2) is 17.5 Å². The lowest BCUT2D eigenvalue weighted by molar-refractivity contribution is 0.571. The number of nitrogens with two attached hydrogens (primary N) is 1. The van der Waals surface area contributed by atoms with Gasteiger partial charge in [-0.3, -0.25) is 0 Å². The predicted octanol–water partition coefficient (Wildman–Crippen LogP) is 1.49. The van der Waals surface area contributed by atoms with Crippen molar-refractivity contribution in [2.45, 2.75) is 24.3 Å². The van der Waals surface area contributed by atoms with Crippen molar-refractivity contribution in [3.63, 3.8) is 0 Å². The third-order valence-electron chi connectivity index (χ3n) is 2.09. The van der Waals surface area contributed by atoms with Crippen molar-refractivity contribution in [2.24, 2.45) is 5.73 Å². The number of sulfonamides is 1. The van der Waals surface area contributed by atoms with Crippen LogP contribution in [0.2, 0.25) is 5.02 Å². The highest BCUT2D eigenvalue weighted by Crippen LogP contribution is 2.19. The Balaban J connectivity index is 2.79. The van der Waals surface area contributed by atoms with Gasteiger partial charge < -0.3 is 5.73 Å². The van der Waals surface area contributed by atoms with Crippen molar-refractivity contribution in [3.8, 4) is 0 Å². The maximum Gasteiger partial charge on any atom is 0.240 e. The zero-order chi connectivity index (χ0) is 13.1. The van der Waals surface area contributed by atoms with Gasteiger partial charge in [0.1, 0.15) is 5.82 Å². The van der Waals surface area contributed by atoms with Crippen LogP contribution in [0.4, 0.5) is 4.39 Å². The fraction of sp³-hybridized carbons (Fsp3) is 0.400. The van der Waals surface area contributed by atoms with Crippen molar-refractivity contribution in [1.29, 1.82) is 0 Å². The van der Waals surface area contributed by atoms with Crippen LogP contribution in [0, 0.1) is 5.82 Å². The molecule has 0 fully saturated rings. The summed E-state index contributed by atoms with van der Waals surface area (Å²) in [5, 5.41) is -0.222. The smallest absolute Gasteiger partial charge is 0.240 e. The van der Waals surface area contributed by atoms with Gasteiger partial charge in [0.15, 0.2) is 0 Å². The van der Waals surface area contributed by atoms with E-state index in [4.69, 9.17) is 17.3 Å². The van der Waals surface area contributed by atoms with E-state index < -0.39 is 15.8 Å². The highest BCUT2D eigenvalue weighted by atomic mass is 35.5. The maximum atomic E-state index is 12.9. The average molecular weight is 281 g/mol. The Bertz CT molecular complexity index is 491. The van der Waals surface area contributed by atoms with E-state index >= 15 is 0 Å². The molecule has 4 nitrogen and oxygen atoms in total. The first kappa shape index (κ1) is 14.4.